The van der Waals surface area contributed by atoms with Crippen LogP contribution in [0.4, 0.5) is 11.4 Å². The predicted octanol–water partition coefficient (Wildman–Crippen LogP) is 5.20. The third kappa shape index (κ3) is 4.91. The summed E-state index contributed by atoms with van der Waals surface area (Å²) in [4.78, 5) is 0.00581. The second-order valence-corrected chi connectivity index (χ2v) is 11.5. The van der Waals surface area contributed by atoms with Crippen molar-refractivity contribution in [3.63, 3.8) is 0 Å². The van der Waals surface area contributed by atoms with Gasteiger partial charge in [0.15, 0.2) is 0 Å². The van der Waals surface area contributed by atoms with Crippen LogP contribution in [0.2, 0.25) is 0 Å². The number of anilines is 2. The molecular formula is C26H22N2O7S2. The van der Waals surface area contributed by atoms with Gasteiger partial charge in [0.2, 0.25) is 0 Å². The quantitative estimate of drug-likeness (QED) is 0.278. The number of benzene rings is 4. The molecule has 0 unspecified atom stereocenters. The maximum Gasteiger partial charge on any atom is 0.261 e. The molecule has 1 aromatic heterocycles. The van der Waals surface area contributed by atoms with Crippen LogP contribution in [0, 0.1) is 0 Å². The fourth-order valence-corrected chi connectivity index (χ4v) is 5.99. The molecule has 37 heavy (non-hydrogen) atoms. The van der Waals surface area contributed by atoms with Gasteiger partial charge in [-0.05, 0) is 84.9 Å². The maximum atomic E-state index is 13.0. The highest BCUT2D eigenvalue weighted by Crippen LogP contribution is 2.33. The van der Waals surface area contributed by atoms with E-state index in [-0.39, 0.29) is 9.79 Å². The average molecular weight is 539 g/mol. The smallest absolute Gasteiger partial charge is 0.261 e. The third-order valence-electron chi connectivity index (χ3n) is 5.72. The van der Waals surface area contributed by atoms with Crippen LogP contribution in [-0.2, 0) is 20.0 Å². The summed E-state index contributed by atoms with van der Waals surface area (Å²) in [5, 5.41) is 0.934. The zero-order chi connectivity index (χ0) is 26.2. The van der Waals surface area contributed by atoms with E-state index in [0.29, 0.717) is 44.8 Å². The van der Waals surface area contributed by atoms with Crippen molar-refractivity contribution >= 4 is 53.4 Å². The number of rotatable bonds is 8. The van der Waals surface area contributed by atoms with Crippen molar-refractivity contribution in [3.8, 4) is 11.5 Å². The molecule has 9 nitrogen and oxygen atoms in total. The Morgan fingerprint density at radius 2 is 0.946 bits per heavy atom. The second kappa shape index (κ2) is 9.34. The highest BCUT2D eigenvalue weighted by Gasteiger charge is 2.20. The number of hydrogen-bond donors (Lipinski definition) is 2. The molecule has 0 aliphatic carbocycles. The highest BCUT2D eigenvalue weighted by molar-refractivity contribution is 7.93. The summed E-state index contributed by atoms with van der Waals surface area (Å²) in [5.41, 5.74) is 1.60. The predicted molar refractivity (Wildman–Crippen MR) is 141 cm³/mol. The third-order valence-corrected chi connectivity index (χ3v) is 8.48. The summed E-state index contributed by atoms with van der Waals surface area (Å²) in [6.07, 6.45) is 0. The Morgan fingerprint density at radius 3 is 1.30 bits per heavy atom. The molecular weight excluding hydrogens is 516 g/mol. The summed E-state index contributed by atoms with van der Waals surface area (Å²) in [5.74, 6) is 1.20. The van der Waals surface area contributed by atoms with Crippen LogP contribution in [0.5, 0.6) is 11.5 Å². The molecule has 190 valence electrons. The lowest BCUT2D eigenvalue weighted by Crippen LogP contribution is -2.13. The molecule has 0 amide bonds. The van der Waals surface area contributed by atoms with E-state index in [1.165, 1.54) is 38.5 Å². The van der Waals surface area contributed by atoms with Gasteiger partial charge in [0.25, 0.3) is 20.0 Å². The first kappa shape index (κ1) is 24.5. The first-order valence-electron chi connectivity index (χ1n) is 11.0. The van der Waals surface area contributed by atoms with Gasteiger partial charge in [-0.3, -0.25) is 9.44 Å². The fraction of sp³-hybridized carbons (Fsp3) is 0.0769. The average Bonchev–Trinajstić information content (AvgIpc) is 3.26. The molecule has 0 spiro atoms. The molecule has 2 N–H and O–H groups in total. The molecule has 1 heterocycles. The van der Waals surface area contributed by atoms with Crippen LogP contribution in [0.25, 0.3) is 21.9 Å². The molecule has 11 heteroatoms. The molecule has 0 radical (unpaired) electrons. The molecule has 0 bridgehead atoms. The van der Waals surface area contributed by atoms with Gasteiger partial charge in [-0.2, -0.15) is 0 Å². The zero-order valence-corrected chi connectivity index (χ0v) is 21.4. The summed E-state index contributed by atoms with van der Waals surface area (Å²) in [7, 11) is -4.81. The Bertz CT molecular complexity index is 1680. The summed E-state index contributed by atoms with van der Waals surface area (Å²) < 4.78 is 73.3. The van der Waals surface area contributed by atoms with E-state index >= 15 is 0 Å². The number of fused-ring (bicyclic) bond motifs is 3. The van der Waals surface area contributed by atoms with Gasteiger partial charge >= 0.3 is 0 Å². The number of sulfonamides is 2. The van der Waals surface area contributed by atoms with Crippen molar-refractivity contribution in [1.82, 2.24) is 0 Å². The van der Waals surface area contributed by atoms with Crippen LogP contribution in [0.1, 0.15) is 0 Å². The number of hydrogen-bond acceptors (Lipinski definition) is 7. The fourth-order valence-electron chi connectivity index (χ4n) is 3.82. The Labute approximate surface area is 213 Å². The number of furan rings is 1. The molecule has 5 aromatic rings. The van der Waals surface area contributed by atoms with E-state index in [4.69, 9.17) is 13.9 Å². The summed E-state index contributed by atoms with van der Waals surface area (Å²) >= 11 is 0. The van der Waals surface area contributed by atoms with E-state index in [2.05, 4.69) is 9.44 Å². The van der Waals surface area contributed by atoms with Crippen molar-refractivity contribution in [3.05, 3.63) is 84.9 Å². The minimum Gasteiger partial charge on any atom is -0.497 e. The lowest BCUT2D eigenvalue weighted by Gasteiger charge is -2.09. The van der Waals surface area contributed by atoms with Crippen LogP contribution in [0.3, 0.4) is 0 Å². The van der Waals surface area contributed by atoms with Gasteiger partial charge in [0, 0.05) is 22.1 Å². The van der Waals surface area contributed by atoms with Crippen LogP contribution in [-0.4, -0.2) is 31.1 Å². The Kier molecular flexibility index (Phi) is 6.18. The topological polar surface area (TPSA) is 124 Å². The normalized spacial score (nSPS) is 11.9. The molecule has 0 aliphatic rings. The highest BCUT2D eigenvalue weighted by atomic mass is 32.2. The van der Waals surface area contributed by atoms with Gasteiger partial charge < -0.3 is 13.9 Å². The lowest BCUT2D eigenvalue weighted by atomic mass is 10.1. The van der Waals surface area contributed by atoms with E-state index in [9.17, 15) is 16.8 Å². The lowest BCUT2D eigenvalue weighted by molar-refractivity contribution is 0.415. The SMILES string of the molecule is COc1ccc(NS(=O)(=O)c2ccc3oc4ccc(S(=O)(=O)Nc5ccc(OC)cc5)cc4c3c2)cc1. The van der Waals surface area contributed by atoms with E-state index in [0.717, 1.165) is 0 Å². The minimum atomic E-state index is -3.93. The van der Waals surface area contributed by atoms with Gasteiger partial charge in [-0.15, -0.1) is 0 Å². The van der Waals surface area contributed by atoms with Gasteiger partial charge in [0.1, 0.15) is 22.7 Å². The largest absolute Gasteiger partial charge is 0.497 e. The maximum absolute atomic E-state index is 13.0. The molecule has 0 fully saturated rings. The number of ether oxygens (including phenoxy) is 2. The molecule has 0 atom stereocenters. The molecule has 4 aromatic carbocycles. The standard InChI is InChI=1S/C26H22N2O7S2/c1-33-19-7-3-17(4-8-19)27-36(29,30)21-11-13-25-23(15-21)24-16-22(12-14-26(24)35-25)37(31,32)28-18-5-9-20(34-2)10-6-18/h3-16,27-28H,1-2H3. The monoisotopic (exact) mass is 538 g/mol. The van der Waals surface area contributed by atoms with Gasteiger partial charge in [-0.25, -0.2) is 16.8 Å². The van der Waals surface area contributed by atoms with E-state index in [1.54, 1.807) is 60.7 Å². The van der Waals surface area contributed by atoms with Crippen molar-refractivity contribution in [1.29, 1.82) is 0 Å². The van der Waals surface area contributed by atoms with E-state index < -0.39 is 20.0 Å². The molecule has 0 saturated carbocycles. The Hall–Kier alpha value is -4.22. The first-order chi connectivity index (χ1) is 17.7. The van der Waals surface area contributed by atoms with Crippen molar-refractivity contribution in [2.75, 3.05) is 23.7 Å². The summed E-state index contributed by atoms with van der Waals surface area (Å²) in [6.45, 7) is 0. The van der Waals surface area contributed by atoms with E-state index in [1.807, 2.05) is 0 Å². The molecule has 0 aliphatic heterocycles. The van der Waals surface area contributed by atoms with Crippen LogP contribution >= 0.6 is 0 Å². The molecule has 5 rings (SSSR count). The number of nitrogens with one attached hydrogen (secondary N) is 2. The van der Waals surface area contributed by atoms with Crippen LogP contribution < -0.4 is 18.9 Å². The first-order valence-corrected chi connectivity index (χ1v) is 14.0. The van der Waals surface area contributed by atoms with Gasteiger partial charge in [0.05, 0.1) is 24.0 Å². The number of methoxy groups -OCH3 is 2. The zero-order valence-electron chi connectivity index (χ0n) is 19.8. The minimum absolute atomic E-state index is 0.00290. The van der Waals surface area contributed by atoms with Gasteiger partial charge in [-0.1, -0.05) is 0 Å². The Morgan fingerprint density at radius 1 is 0.568 bits per heavy atom. The van der Waals surface area contributed by atoms with Crippen LogP contribution in [0.15, 0.2) is 99.1 Å². The summed E-state index contributed by atoms with van der Waals surface area (Å²) in [6, 6.07) is 21.8. The Balaban J connectivity index is 1.49. The second-order valence-electron chi connectivity index (χ2n) is 8.09. The van der Waals surface area contributed by atoms with Crippen molar-refractivity contribution in [2.24, 2.45) is 0 Å². The van der Waals surface area contributed by atoms with Crippen molar-refractivity contribution in [2.45, 2.75) is 9.79 Å². The molecule has 0 saturated heterocycles. The van der Waals surface area contributed by atoms with Crippen molar-refractivity contribution < 1.29 is 30.7 Å².